The van der Waals surface area contributed by atoms with Gasteiger partial charge in [0.2, 0.25) is 5.91 Å². The molecule has 8 rings (SSSR count). The van der Waals surface area contributed by atoms with Crippen molar-refractivity contribution < 1.29 is 74.0 Å². The molecule has 6 atom stereocenters. The summed E-state index contributed by atoms with van der Waals surface area (Å²) in [5.74, 6) is 1.13. The number of hydrazine groups is 1. The maximum Gasteiger partial charge on any atom is 0.407 e. The molecular formula is C52H57F8N9O8. The molecule has 4 amide bonds. The number of piperidine rings is 1. The van der Waals surface area contributed by atoms with Gasteiger partial charge in [-0.05, 0) is 94.6 Å². The number of carboxylic acid groups (broad SMARTS) is 1. The Morgan fingerprint density at radius 1 is 0.805 bits per heavy atom. The summed E-state index contributed by atoms with van der Waals surface area (Å²) >= 11 is 0. The van der Waals surface area contributed by atoms with E-state index in [-0.39, 0.29) is 11.3 Å². The van der Waals surface area contributed by atoms with Crippen molar-refractivity contribution in [2.45, 2.75) is 102 Å². The predicted molar refractivity (Wildman–Crippen MR) is 261 cm³/mol. The SMILES string of the molecule is COC(=O)NC(C(=O)NC(Cc1ccc(C#Cc2ccc(N3CC4CC(C3)N4C3COC3)nc2)cc1)C(O)CN(Cc1c(F)cc(-c2ccccn2)cc1F)NC(=O)C(NC(=O)O)C(C)(C)C(F)(F)F)C(C)(C)C(F)(F)F. The molecule has 2 bridgehead atoms. The zero-order valence-corrected chi connectivity index (χ0v) is 42.3. The largest absolute Gasteiger partial charge is 0.465 e. The zero-order chi connectivity index (χ0) is 56.2. The van der Waals surface area contributed by atoms with Crippen LogP contribution >= 0.6 is 0 Å². The summed E-state index contributed by atoms with van der Waals surface area (Å²) in [6.07, 6.45) is -12.3. The fourth-order valence-corrected chi connectivity index (χ4v) is 9.26. The van der Waals surface area contributed by atoms with Crippen LogP contribution in [0.4, 0.5) is 50.5 Å². The minimum atomic E-state index is -5.23. The van der Waals surface area contributed by atoms with Crippen molar-refractivity contribution in [1.82, 2.24) is 41.3 Å². The number of piperazine rings is 1. The van der Waals surface area contributed by atoms with Gasteiger partial charge >= 0.3 is 24.5 Å². The van der Waals surface area contributed by atoms with Crippen molar-refractivity contribution in [3.8, 4) is 23.1 Å². The van der Waals surface area contributed by atoms with Gasteiger partial charge in [-0.1, -0.05) is 30.0 Å². The Balaban J connectivity index is 1.17. The van der Waals surface area contributed by atoms with Crippen LogP contribution in [0.15, 0.2) is 79.1 Å². The maximum absolute atomic E-state index is 16.0. The number of hydrogen-bond donors (Lipinski definition) is 6. The Kier molecular flexibility index (Phi) is 17.4. The molecule has 0 aliphatic carbocycles. The Morgan fingerprint density at radius 2 is 1.40 bits per heavy atom. The van der Waals surface area contributed by atoms with Gasteiger partial charge in [-0.25, -0.2) is 28.4 Å². The number of anilines is 1. The lowest BCUT2D eigenvalue weighted by atomic mass is 9.82. The Bertz CT molecular complexity index is 2790. The number of fused-ring (bicyclic) bond motifs is 2. The first-order valence-corrected chi connectivity index (χ1v) is 24.2. The third-order valence-corrected chi connectivity index (χ3v) is 14.2. The average Bonchev–Trinajstić information content (AvgIpc) is 3.37. The van der Waals surface area contributed by atoms with Crippen molar-refractivity contribution in [2.75, 3.05) is 44.9 Å². The van der Waals surface area contributed by atoms with Gasteiger partial charge in [0.05, 0.1) is 55.0 Å². The lowest BCUT2D eigenvalue weighted by Gasteiger charge is -2.60. The number of alkyl carbamates (subject to hydrolysis) is 1. The van der Waals surface area contributed by atoms with Crippen LogP contribution in [0.25, 0.3) is 11.3 Å². The van der Waals surface area contributed by atoms with Gasteiger partial charge in [0.25, 0.3) is 5.91 Å². The molecule has 4 aliphatic rings. The van der Waals surface area contributed by atoms with Crippen molar-refractivity contribution >= 4 is 29.8 Å². The van der Waals surface area contributed by atoms with E-state index >= 15 is 8.78 Å². The quantitative estimate of drug-likeness (QED) is 0.0388. The maximum atomic E-state index is 16.0. The molecule has 2 aromatic carbocycles. The number of aliphatic hydroxyl groups is 1. The molecule has 0 radical (unpaired) electrons. The minimum absolute atomic E-state index is 0.0448. The molecule has 0 saturated carbocycles. The fraction of sp³-hybridized carbons (Fsp3) is 0.462. The second kappa shape index (κ2) is 23.2. The molecule has 6 N–H and O–H groups in total. The number of halogens is 8. The molecule has 414 valence electrons. The first kappa shape index (κ1) is 57.6. The Labute approximate surface area is 437 Å². The highest BCUT2D eigenvalue weighted by Gasteiger charge is 2.57. The van der Waals surface area contributed by atoms with Crippen LogP contribution in [0.5, 0.6) is 0 Å². The van der Waals surface area contributed by atoms with Crippen LogP contribution < -0.4 is 26.3 Å². The van der Waals surface area contributed by atoms with E-state index in [9.17, 15) is 55.7 Å². The van der Waals surface area contributed by atoms with Gasteiger partial charge in [-0.15, -0.1) is 0 Å². The van der Waals surface area contributed by atoms with Gasteiger partial charge in [0, 0.05) is 72.9 Å². The van der Waals surface area contributed by atoms with Gasteiger partial charge in [0.15, 0.2) is 0 Å². The number of nitrogens with zero attached hydrogens (tertiary/aromatic N) is 5. The standard InChI is InChI=1S/C52H57F8N9O8/c1-49(2,51(55,56)57)43(65-48(75)76-5)45(71)63-40(18-30-12-9-29(10-13-30)11-14-31-15-16-42(62-22-31)67-23-33-21-34(24-67)69(33)35-27-77-28-35)41(70)26-68(66-46(72)44(64-47(73)74)50(3,4)52(58,59)60)25-36-37(53)19-32(20-38(36)54)39-8-6-7-17-61-39/h6-10,12-13,15-17,19-20,22,33-35,40-41,43-44,64,70H,18,21,23-28H2,1-5H3,(H,63,71)(H,65,75)(H,66,72)(H,73,74). The van der Waals surface area contributed by atoms with Crippen molar-refractivity contribution in [3.63, 3.8) is 0 Å². The summed E-state index contributed by atoms with van der Waals surface area (Å²) < 4.78 is 128. The third kappa shape index (κ3) is 13.3. The van der Waals surface area contributed by atoms with Crippen LogP contribution in [0.1, 0.15) is 56.4 Å². The number of carbonyl (C=O) groups excluding carboxylic acids is 3. The van der Waals surface area contributed by atoms with E-state index in [0.717, 1.165) is 57.8 Å². The molecule has 4 saturated heterocycles. The summed E-state index contributed by atoms with van der Waals surface area (Å²) in [6.45, 7) is 3.34. The van der Waals surface area contributed by atoms with Crippen LogP contribution in [0.3, 0.4) is 0 Å². The minimum Gasteiger partial charge on any atom is -0.465 e. The van der Waals surface area contributed by atoms with Crippen LogP contribution in [0, 0.1) is 34.3 Å². The molecule has 4 aliphatic heterocycles. The number of aliphatic hydroxyl groups excluding tert-OH is 1. The molecule has 77 heavy (non-hydrogen) atoms. The summed E-state index contributed by atoms with van der Waals surface area (Å²) in [4.78, 5) is 65.5. The van der Waals surface area contributed by atoms with Crippen LogP contribution in [-0.2, 0) is 32.0 Å². The number of methoxy groups -OCH3 is 1. The lowest BCUT2D eigenvalue weighted by Crippen LogP contribution is -2.74. The van der Waals surface area contributed by atoms with Gasteiger partial charge < -0.3 is 40.5 Å². The van der Waals surface area contributed by atoms with E-state index in [1.54, 1.807) is 30.5 Å². The monoisotopic (exact) mass is 1090 g/mol. The average molecular weight is 1090 g/mol. The fourth-order valence-electron chi connectivity index (χ4n) is 9.26. The van der Waals surface area contributed by atoms with E-state index in [4.69, 9.17) is 4.74 Å². The van der Waals surface area contributed by atoms with Crippen molar-refractivity contribution in [2.24, 2.45) is 10.8 Å². The number of pyridine rings is 2. The second-order valence-electron chi connectivity index (χ2n) is 20.2. The molecule has 2 aromatic heterocycles. The number of ether oxygens (including phenoxy) is 2. The first-order valence-electron chi connectivity index (χ1n) is 24.2. The number of benzene rings is 2. The number of alkyl halides is 6. The predicted octanol–water partition coefficient (Wildman–Crippen LogP) is 5.94. The second-order valence-corrected chi connectivity index (χ2v) is 20.2. The number of nitrogens with one attached hydrogen (secondary N) is 4. The Morgan fingerprint density at radius 3 is 1.92 bits per heavy atom. The summed E-state index contributed by atoms with van der Waals surface area (Å²) in [5, 5.41) is 27.8. The molecular weight excluding hydrogens is 1030 g/mol. The normalized spacial score (nSPS) is 18.6. The van der Waals surface area contributed by atoms with Crippen molar-refractivity contribution in [3.05, 3.63) is 113 Å². The summed E-state index contributed by atoms with van der Waals surface area (Å²) in [6, 6.07) is 10.7. The van der Waals surface area contributed by atoms with E-state index in [1.807, 2.05) is 22.9 Å². The van der Waals surface area contributed by atoms with Gasteiger partial charge in [-0.3, -0.25) is 24.9 Å². The number of carbonyl (C=O) groups is 4. The number of aromatic nitrogens is 2. The lowest BCUT2D eigenvalue weighted by molar-refractivity contribution is -0.221. The van der Waals surface area contributed by atoms with Gasteiger partial charge in [0.1, 0.15) is 29.5 Å². The van der Waals surface area contributed by atoms with E-state index < -0.39 is 108 Å². The smallest absolute Gasteiger partial charge is 0.407 e. The molecule has 4 aromatic rings. The first-order chi connectivity index (χ1) is 36.2. The summed E-state index contributed by atoms with van der Waals surface area (Å²) in [5.41, 5.74) is -3.47. The summed E-state index contributed by atoms with van der Waals surface area (Å²) in [7, 11) is 0.836. The zero-order valence-electron chi connectivity index (χ0n) is 42.3. The highest BCUT2D eigenvalue weighted by molar-refractivity contribution is 5.87. The van der Waals surface area contributed by atoms with Crippen LogP contribution in [-0.4, -0.2) is 149 Å². The highest BCUT2D eigenvalue weighted by Crippen LogP contribution is 2.42. The molecule has 17 nitrogen and oxygen atoms in total. The number of rotatable bonds is 18. The molecule has 6 heterocycles. The molecule has 6 unspecified atom stereocenters. The molecule has 0 spiro atoms. The topological polar surface area (TPSA) is 211 Å². The molecule has 4 fully saturated rings. The third-order valence-electron chi connectivity index (χ3n) is 14.2. The molecule has 25 heteroatoms. The van der Waals surface area contributed by atoms with E-state index in [2.05, 4.69) is 41.7 Å². The van der Waals surface area contributed by atoms with E-state index in [1.165, 1.54) is 29.7 Å². The van der Waals surface area contributed by atoms with Crippen LogP contribution in [0.2, 0.25) is 0 Å². The highest BCUT2D eigenvalue weighted by atomic mass is 19.4. The van der Waals surface area contributed by atoms with E-state index in [0.29, 0.717) is 67.5 Å². The number of amides is 4. The van der Waals surface area contributed by atoms with Gasteiger partial charge in [-0.2, -0.15) is 26.3 Å². The van der Waals surface area contributed by atoms with Crippen molar-refractivity contribution in [1.29, 1.82) is 0 Å². The number of hydrogen-bond acceptors (Lipinski definition) is 12. The Hall–Kier alpha value is -7.14.